The number of hydrogen-bond donors (Lipinski definition) is 0. The lowest BCUT2D eigenvalue weighted by Gasteiger charge is -2.13. The molecule has 0 fully saturated rings. The van der Waals surface area contributed by atoms with E-state index in [0.717, 1.165) is 12.8 Å². The molecule has 0 amide bonds. The van der Waals surface area contributed by atoms with Crippen LogP contribution in [0.15, 0.2) is 54.6 Å². The number of rotatable bonds is 1. The Bertz CT molecular complexity index is 809. The van der Waals surface area contributed by atoms with Gasteiger partial charge in [-0.25, -0.2) is 0 Å². The Hall–Kier alpha value is -2.22. The van der Waals surface area contributed by atoms with E-state index in [1.807, 2.05) is 0 Å². The van der Waals surface area contributed by atoms with E-state index >= 15 is 0 Å². The molecule has 1 nitrogen and oxygen atoms in total. The molecule has 2 aromatic carbocycles. The highest BCUT2D eigenvalue weighted by Crippen LogP contribution is 2.33. The standard InChI is InChI=1S/C18H16BN/c19-13-9-11-14(12-10-13)20-17-7-3-1-5-15(17)16-6-2-4-8-18(16)20/h1-3,5-7,9-12H,4,8,19H2. The normalized spacial score (nSPS) is 13.6. The van der Waals surface area contributed by atoms with Gasteiger partial charge < -0.3 is 4.57 Å². The van der Waals surface area contributed by atoms with Crippen LogP contribution in [0.25, 0.3) is 22.7 Å². The summed E-state index contributed by atoms with van der Waals surface area (Å²) in [4.78, 5) is 0. The van der Waals surface area contributed by atoms with Crippen molar-refractivity contribution in [2.45, 2.75) is 12.8 Å². The first-order valence-corrected chi connectivity index (χ1v) is 7.20. The molecule has 2 heteroatoms. The highest BCUT2D eigenvalue weighted by Gasteiger charge is 2.17. The zero-order valence-corrected chi connectivity index (χ0v) is 11.6. The van der Waals surface area contributed by atoms with Crippen LogP contribution in [0.2, 0.25) is 0 Å². The lowest BCUT2D eigenvalue weighted by atomic mass is 9.96. The lowest BCUT2D eigenvalue weighted by molar-refractivity contribution is 0.889. The Morgan fingerprint density at radius 2 is 1.75 bits per heavy atom. The molecule has 0 saturated heterocycles. The van der Waals surface area contributed by atoms with Crippen LogP contribution in [0.3, 0.4) is 0 Å². The summed E-state index contributed by atoms with van der Waals surface area (Å²) in [6, 6.07) is 17.5. The van der Waals surface area contributed by atoms with Gasteiger partial charge in [-0.15, -0.1) is 0 Å². The minimum atomic E-state index is 1.12. The highest BCUT2D eigenvalue weighted by atomic mass is 15.0. The van der Waals surface area contributed by atoms with Gasteiger partial charge in [-0.05, 0) is 31.0 Å². The predicted octanol–water partition coefficient (Wildman–Crippen LogP) is 2.85. The average molecular weight is 257 g/mol. The van der Waals surface area contributed by atoms with Crippen LogP contribution in [-0.4, -0.2) is 12.4 Å². The van der Waals surface area contributed by atoms with Gasteiger partial charge in [0.2, 0.25) is 0 Å². The Morgan fingerprint density at radius 1 is 0.950 bits per heavy atom. The van der Waals surface area contributed by atoms with E-state index in [1.165, 1.54) is 33.3 Å². The van der Waals surface area contributed by atoms with Gasteiger partial charge in [-0.3, -0.25) is 0 Å². The molecule has 96 valence electrons. The topological polar surface area (TPSA) is 4.93 Å². The van der Waals surface area contributed by atoms with Crippen molar-refractivity contribution in [1.29, 1.82) is 0 Å². The van der Waals surface area contributed by atoms with Crippen molar-refractivity contribution in [2.75, 3.05) is 0 Å². The van der Waals surface area contributed by atoms with Crippen molar-refractivity contribution in [1.82, 2.24) is 4.57 Å². The summed E-state index contributed by atoms with van der Waals surface area (Å²) in [6.07, 6.45) is 6.82. The maximum absolute atomic E-state index is 2.42. The van der Waals surface area contributed by atoms with Gasteiger partial charge in [0.05, 0.1) is 5.52 Å². The van der Waals surface area contributed by atoms with Gasteiger partial charge in [0.25, 0.3) is 0 Å². The minimum absolute atomic E-state index is 1.12. The second kappa shape index (κ2) is 4.41. The van der Waals surface area contributed by atoms with E-state index in [1.54, 1.807) is 0 Å². The smallest absolute Gasteiger partial charge is 0.139 e. The van der Waals surface area contributed by atoms with Crippen LogP contribution in [0.4, 0.5) is 0 Å². The molecule has 0 bridgehead atoms. The molecule has 0 saturated carbocycles. The summed E-state index contributed by atoms with van der Waals surface area (Å²) >= 11 is 0. The molecule has 0 N–H and O–H groups in total. The van der Waals surface area contributed by atoms with Crippen LogP contribution in [-0.2, 0) is 6.42 Å². The molecule has 0 radical (unpaired) electrons. The Morgan fingerprint density at radius 3 is 2.60 bits per heavy atom. The van der Waals surface area contributed by atoms with Crippen molar-refractivity contribution >= 4 is 30.3 Å². The minimum Gasteiger partial charge on any atom is -0.313 e. The Kier molecular flexibility index (Phi) is 2.56. The highest BCUT2D eigenvalue weighted by molar-refractivity contribution is 6.32. The van der Waals surface area contributed by atoms with E-state index in [0.29, 0.717) is 0 Å². The molecule has 3 aromatic rings. The first-order valence-electron chi connectivity index (χ1n) is 7.20. The molecule has 1 aliphatic rings. The summed E-state index contributed by atoms with van der Waals surface area (Å²) in [5, 5.41) is 1.36. The van der Waals surface area contributed by atoms with E-state index in [9.17, 15) is 0 Å². The van der Waals surface area contributed by atoms with Gasteiger partial charge in [-0.2, -0.15) is 0 Å². The van der Waals surface area contributed by atoms with Crippen molar-refractivity contribution in [3.63, 3.8) is 0 Å². The molecule has 1 aliphatic carbocycles. The van der Waals surface area contributed by atoms with E-state index in [2.05, 4.69) is 73.1 Å². The van der Waals surface area contributed by atoms with Gasteiger partial charge in [0.1, 0.15) is 7.85 Å². The molecular weight excluding hydrogens is 241 g/mol. The molecule has 0 spiro atoms. The van der Waals surface area contributed by atoms with Gasteiger partial charge in [0.15, 0.2) is 0 Å². The van der Waals surface area contributed by atoms with Gasteiger partial charge >= 0.3 is 0 Å². The van der Waals surface area contributed by atoms with Crippen LogP contribution in [0.5, 0.6) is 0 Å². The largest absolute Gasteiger partial charge is 0.313 e. The van der Waals surface area contributed by atoms with Crippen molar-refractivity contribution in [3.8, 4) is 5.69 Å². The number of para-hydroxylation sites is 1. The molecular formula is C18H16BN. The fraction of sp³-hybridized carbons (Fsp3) is 0.111. The van der Waals surface area contributed by atoms with Crippen molar-refractivity contribution in [3.05, 3.63) is 65.9 Å². The third-order valence-corrected chi connectivity index (χ3v) is 4.14. The predicted molar refractivity (Wildman–Crippen MR) is 88.8 cm³/mol. The molecule has 0 atom stereocenters. The zero-order chi connectivity index (χ0) is 13.5. The van der Waals surface area contributed by atoms with Crippen LogP contribution in [0, 0.1) is 0 Å². The zero-order valence-electron chi connectivity index (χ0n) is 11.6. The lowest BCUT2D eigenvalue weighted by Crippen LogP contribution is -2.06. The monoisotopic (exact) mass is 257 g/mol. The average Bonchev–Trinajstić information content (AvgIpc) is 2.83. The number of benzene rings is 2. The number of aromatic nitrogens is 1. The first kappa shape index (κ1) is 11.6. The summed E-state index contributed by atoms with van der Waals surface area (Å²) in [6.45, 7) is 0. The number of allylic oxidation sites excluding steroid dienone is 1. The summed E-state index contributed by atoms with van der Waals surface area (Å²) < 4.78 is 2.42. The third-order valence-electron chi connectivity index (χ3n) is 4.14. The third kappa shape index (κ3) is 1.65. The van der Waals surface area contributed by atoms with Crippen LogP contribution in [0.1, 0.15) is 17.7 Å². The quantitative estimate of drug-likeness (QED) is 0.591. The molecule has 20 heavy (non-hydrogen) atoms. The van der Waals surface area contributed by atoms with Crippen molar-refractivity contribution in [2.24, 2.45) is 0 Å². The number of nitrogens with zero attached hydrogens (tertiary/aromatic N) is 1. The summed E-state index contributed by atoms with van der Waals surface area (Å²) in [7, 11) is 2.13. The Labute approximate surface area is 120 Å². The fourth-order valence-electron chi connectivity index (χ4n) is 3.16. The van der Waals surface area contributed by atoms with Gasteiger partial charge in [-0.1, -0.05) is 47.9 Å². The van der Waals surface area contributed by atoms with Crippen LogP contribution >= 0.6 is 0 Å². The maximum Gasteiger partial charge on any atom is 0.139 e. The molecule has 1 heterocycles. The SMILES string of the molecule is Bc1ccc(-n2c3c(c4ccccc42)C=CCC3)cc1. The number of fused-ring (bicyclic) bond motifs is 3. The first-order chi connectivity index (χ1) is 9.84. The van der Waals surface area contributed by atoms with Gasteiger partial charge in [0, 0.05) is 22.3 Å². The molecule has 0 unspecified atom stereocenters. The van der Waals surface area contributed by atoms with E-state index < -0.39 is 0 Å². The fourth-order valence-corrected chi connectivity index (χ4v) is 3.16. The molecule has 0 aliphatic heterocycles. The second-order valence-corrected chi connectivity index (χ2v) is 5.49. The summed E-state index contributed by atoms with van der Waals surface area (Å²) in [5.41, 5.74) is 6.72. The van der Waals surface area contributed by atoms with Crippen LogP contribution < -0.4 is 5.46 Å². The maximum atomic E-state index is 2.42. The second-order valence-electron chi connectivity index (χ2n) is 5.49. The Balaban J connectivity index is 2.08. The van der Waals surface area contributed by atoms with E-state index in [-0.39, 0.29) is 0 Å². The number of hydrogen-bond acceptors (Lipinski definition) is 0. The van der Waals surface area contributed by atoms with E-state index in [4.69, 9.17) is 0 Å². The molecule has 1 aromatic heterocycles. The summed E-state index contributed by atoms with van der Waals surface area (Å²) in [5.74, 6) is 0. The van der Waals surface area contributed by atoms with Crippen molar-refractivity contribution < 1.29 is 0 Å². The molecule has 4 rings (SSSR count).